The summed E-state index contributed by atoms with van der Waals surface area (Å²) in [7, 11) is 3.22. The predicted octanol–water partition coefficient (Wildman–Crippen LogP) is 5.27. The van der Waals surface area contributed by atoms with Gasteiger partial charge < -0.3 is 23.7 Å². The zero-order chi connectivity index (χ0) is 25.2. The van der Waals surface area contributed by atoms with E-state index in [4.69, 9.17) is 19.2 Å². The number of benzene rings is 3. The van der Waals surface area contributed by atoms with E-state index in [1.807, 2.05) is 36.4 Å². The average Bonchev–Trinajstić information content (AvgIpc) is 3.43. The van der Waals surface area contributed by atoms with Crippen LogP contribution in [0.1, 0.15) is 29.3 Å². The van der Waals surface area contributed by atoms with Crippen molar-refractivity contribution >= 4 is 22.6 Å². The van der Waals surface area contributed by atoms with Crippen LogP contribution in [0.5, 0.6) is 17.2 Å². The number of nitrogens with zero attached hydrogens (tertiary/aromatic N) is 3. The molecule has 1 amide bonds. The van der Waals surface area contributed by atoms with Gasteiger partial charge in [-0.3, -0.25) is 4.79 Å². The lowest BCUT2D eigenvalue weighted by Gasteiger charge is -2.20. The van der Waals surface area contributed by atoms with Crippen LogP contribution in [0, 0.1) is 13.8 Å². The van der Waals surface area contributed by atoms with Gasteiger partial charge in [-0.15, -0.1) is 0 Å². The summed E-state index contributed by atoms with van der Waals surface area (Å²) in [6.07, 6.45) is 0.377. The van der Waals surface area contributed by atoms with Crippen LogP contribution in [0.3, 0.4) is 0 Å². The fourth-order valence-electron chi connectivity index (χ4n) is 5.03. The molecular weight excluding hydrogens is 454 g/mol. The quantitative estimate of drug-likeness (QED) is 0.340. The maximum atomic E-state index is 13.2. The minimum absolute atomic E-state index is 0.0386. The van der Waals surface area contributed by atoms with Gasteiger partial charge in [0.1, 0.15) is 29.7 Å². The zero-order valence-corrected chi connectivity index (χ0v) is 21.2. The summed E-state index contributed by atoms with van der Waals surface area (Å²) in [5, 5.41) is 0. The molecule has 1 atom stereocenters. The summed E-state index contributed by atoms with van der Waals surface area (Å²) in [6.45, 7) is 5.80. The molecule has 1 fully saturated rings. The monoisotopic (exact) mass is 485 g/mol. The lowest BCUT2D eigenvalue weighted by molar-refractivity contribution is -0.117. The molecule has 1 aromatic heterocycles. The van der Waals surface area contributed by atoms with E-state index in [1.54, 1.807) is 19.1 Å². The summed E-state index contributed by atoms with van der Waals surface area (Å²) in [5.41, 5.74) is 5.03. The highest BCUT2D eigenvalue weighted by Crippen LogP contribution is 2.39. The number of hydrogen-bond acceptors (Lipinski definition) is 5. The standard InChI is InChI=1S/C29H31N3O4/c1-19-13-20(2)15-23(14-19)36-12-11-31-25-8-6-5-7-24(25)30-29(31)21-16-28(33)32(18-21)26-17-22(34-3)9-10-27(26)35-4/h5-10,13-15,17,21H,11-12,16,18H2,1-4H3/t21-/m0/s1. The molecule has 1 aliphatic rings. The van der Waals surface area contributed by atoms with Crippen LogP contribution in [0.4, 0.5) is 5.69 Å². The molecule has 5 rings (SSSR count). The smallest absolute Gasteiger partial charge is 0.227 e. The van der Waals surface area contributed by atoms with Gasteiger partial charge in [0.2, 0.25) is 5.91 Å². The zero-order valence-electron chi connectivity index (χ0n) is 21.2. The van der Waals surface area contributed by atoms with Gasteiger partial charge in [0.15, 0.2) is 0 Å². The Morgan fingerprint density at radius 2 is 1.72 bits per heavy atom. The Morgan fingerprint density at radius 3 is 2.47 bits per heavy atom. The number of carbonyl (C=O) groups is 1. The van der Waals surface area contributed by atoms with E-state index in [0.717, 1.165) is 22.6 Å². The highest BCUT2D eigenvalue weighted by molar-refractivity contribution is 5.98. The van der Waals surface area contributed by atoms with Crippen LogP contribution in [0.2, 0.25) is 0 Å². The summed E-state index contributed by atoms with van der Waals surface area (Å²) >= 11 is 0. The van der Waals surface area contributed by atoms with Gasteiger partial charge >= 0.3 is 0 Å². The van der Waals surface area contributed by atoms with E-state index in [0.29, 0.717) is 43.3 Å². The van der Waals surface area contributed by atoms with Crippen LogP contribution in [0.25, 0.3) is 11.0 Å². The number of fused-ring (bicyclic) bond motifs is 1. The first-order valence-corrected chi connectivity index (χ1v) is 12.2. The van der Waals surface area contributed by atoms with Crippen molar-refractivity contribution in [2.75, 3.05) is 32.3 Å². The van der Waals surface area contributed by atoms with Crippen molar-refractivity contribution in [1.82, 2.24) is 9.55 Å². The summed E-state index contributed by atoms with van der Waals surface area (Å²) in [4.78, 5) is 19.9. The molecule has 36 heavy (non-hydrogen) atoms. The number of aryl methyl sites for hydroxylation is 2. The molecule has 0 spiro atoms. The van der Waals surface area contributed by atoms with E-state index in [2.05, 4.69) is 42.7 Å². The Bertz CT molecular complexity index is 1390. The van der Waals surface area contributed by atoms with Crippen LogP contribution >= 0.6 is 0 Å². The first-order valence-electron chi connectivity index (χ1n) is 12.2. The topological polar surface area (TPSA) is 65.8 Å². The van der Waals surface area contributed by atoms with Gasteiger partial charge in [-0.2, -0.15) is 0 Å². The number of methoxy groups -OCH3 is 2. The SMILES string of the molecule is COc1ccc(OC)c(N2C[C@@H](c3nc4ccccc4n3CCOc3cc(C)cc(C)c3)CC2=O)c1. The summed E-state index contributed by atoms with van der Waals surface area (Å²) in [6, 6.07) is 19.8. The number of hydrogen-bond donors (Lipinski definition) is 0. The predicted molar refractivity (Wildman–Crippen MR) is 140 cm³/mol. The van der Waals surface area contributed by atoms with E-state index >= 15 is 0 Å². The molecule has 0 unspecified atom stereocenters. The molecule has 2 heterocycles. The molecule has 4 aromatic rings. The number of amides is 1. The number of para-hydroxylation sites is 2. The second-order valence-electron chi connectivity index (χ2n) is 9.23. The Balaban J connectivity index is 1.42. The van der Waals surface area contributed by atoms with Gasteiger partial charge in [-0.05, 0) is 61.4 Å². The van der Waals surface area contributed by atoms with Crippen molar-refractivity contribution in [3.05, 3.63) is 77.6 Å². The molecule has 0 bridgehead atoms. The molecule has 7 nitrogen and oxygen atoms in total. The second-order valence-corrected chi connectivity index (χ2v) is 9.23. The molecule has 1 aliphatic heterocycles. The van der Waals surface area contributed by atoms with Gasteiger partial charge in [0.25, 0.3) is 0 Å². The molecule has 0 saturated carbocycles. The number of ether oxygens (including phenoxy) is 3. The van der Waals surface area contributed by atoms with Gasteiger partial charge in [0.05, 0.1) is 37.5 Å². The van der Waals surface area contributed by atoms with Crippen molar-refractivity contribution < 1.29 is 19.0 Å². The normalized spacial score (nSPS) is 15.5. The van der Waals surface area contributed by atoms with E-state index in [1.165, 1.54) is 11.1 Å². The average molecular weight is 486 g/mol. The van der Waals surface area contributed by atoms with Gasteiger partial charge in [0, 0.05) is 24.9 Å². The Morgan fingerprint density at radius 1 is 0.944 bits per heavy atom. The molecule has 0 radical (unpaired) electrons. The number of carbonyl (C=O) groups excluding carboxylic acids is 1. The first-order chi connectivity index (χ1) is 17.5. The minimum Gasteiger partial charge on any atom is -0.497 e. The van der Waals surface area contributed by atoms with Crippen LogP contribution in [0.15, 0.2) is 60.7 Å². The molecule has 1 saturated heterocycles. The van der Waals surface area contributed by atoms with Gasteiger partial charge in [-0.25, -0.2) is 4.98 Å². The van der Waals surface area contributed by atoms with Crippen molar-refractivity contribution in [2.45, 2.75) is 32.7 Å². The molecule has 0 N–H and O–H groups in total. The van der Waals surface area contributed by atoms with Crippen LogP contribution in [-0.2, 0) is 11.3 Å². The number of rotatable bonds is 8. The lowest BCUT2D eigenvalue weighted by atomic mass is 10.1. The molecule has 7 heteroatoms. The van der Waals surface area contributed by atoms with E-state index < -0.39 is 0 Å². The third-order valence-corrected chi connectivity index (χ3v) is 6.63. The van der Waals surface area contributed by atoms with Gasteiger partial charge in [-0.1, -0.05) is 18.2 Å². The molecule has 0 aliphatic carbocycles. The highest BCUT2D eigenvalue weighted by Gasteiger charge is 2.36. The van der Waals surface area contributed by atoms with Crippen molar-refractivity contribution in [2.24, 2.45) is 0 Å². The van der Waals surface area contributed by atoms with E-state index in [-0.39, 0.29) is 11.8 Å². The van der Waals surface area contributed by atoms with Crippen LogP contribution in [-0.4, -0.2) is 42.8 Å². The third kappa shape index (κ3) is 4.61. The molecular formula is C29H31N3O4. The lowest BCUT2D eigenvalue weighted by Crippen LogP contribution is -2.25. The molecule has 3 aromatic carbocycles. The number of aromatic nitrogens is 2. The second kappa shape index (κ2) is 9.93. The van der Waals surface area contributed by atoms with Crippen molar-refractivity contribution in [3.63, 3.8) is 0 Å². The van der Waals surface area contributed by atoms with Crippen molar-refractivity contribution in [1.29, 1.82) is 0 Å². The Labute approximate surface area is 211 Å². The maximum Gasteiger partial charge on any atom is 0.227 e. The summed E-state index contributed by atoms with van der Waals surface area (Å²) in [5.74, 6) is 3.07. The fourth-order valence-corrected chi connectivity index (χ4v) is 5.03. The van der Waals surface area contributed by atoms with E-state index in [9.17, 15) is 4.79 Å². The first kappa shape index (κ1) is 23.7. The van der Waals surface area contributed by atoms with Crippen molar-refractivity contribution in [3.8, 4) is 17.2 Å². The Kier molecular flexibility index (Phi) is 6.55. The number of anilines is 1. The maximum absolute atomic E-state index is 13.2. The Hall–Kier alpha value is -4.00. The largest absolute Gasteiger partial charge is 0.497 e. The minimum atomic E-state index is -0.0537. The summed E-state index contributed by atoms with van der Waals surface area (Å²) < 4.78 is 19.2. The third-order valence-electron chi connectivity index (χ3n) is 6.63. The number of imidazole rings is 1. The fraction of sp³-hybridized carbons (Fsp3) is 0.310. The van der Waals surface area contributed by atoms with Crippen LogP contribution < -0.4 is 19.1 Å². The molecule has 186 valence electrons. The highest BCUT2D eigenvalue weighted by atomic mass is 16.5.